The van der Waals surface area contributed by atoms with E-state index in [-0.39, 0.29) is 5.97 Å². The first kappa shape index (κ1) is 10.5. The van der Waals surface area contributed by atoms with E-state index in [0.717, 1.165) is 25.7 Å². The van der Waals surface area contributed by atoms with Crippen LogP contribution in [0.2, 0.25) is 0 Å². The Balaban J connectivity index is 1.85. The monoisotopic (exact) mass is 225 g/mol. The molecule has 0 aromatic rings. The highest BCUT2D eigenvalue weighted by molar-refractivity contribution is 5.81. The Morgan fingerprint density at radius 3 is 2.31 bits per heavy atom. The van der Waals surface area contributed by atoms with Gasteiger partial charge in [0.05, 0.1) is 18.1 Å². The molecule has 1 aliphatic carbocycles. The highest BCUT2D eigenvalue weighted by Gasteiger charge is 2.66. The number of nitrogens with one attached hydrogen (secondary N) is 1. The average Bonchev–Trinajstić information content (AvgIpc) is 3.01. The lowest BCUT2D eigenvalue weighted by Gasteiger charge is -2.41. The van der Waals surface area contributed by atoms with Crippen molar-refractivity contribution in [2.45, 2.75) is 56.2 Å². The molecule has 3 rings (SSSR count). The maximum atomic E-state index is 11.8. The molecule has 0 amide bonds. The molecule has 2 aliphatic heterocycles. The van der Waals surface area contributed by atoms with E-state index in [1.165, 1.54) is 7.11 Å². The predicted molar refractivity (Wildman–Crippen MR) is 57.8 cm³/mol. The van der Waals surface area contributed by atoms with Crippen LogP contribution in [0.25, 0.3) is 0 Å². The minimum Gasteiger partial charge on any atom is -0.469 e. The topological polar surface area (TPSA) is 58.6 Å². The molecule has 3 fully saturated rings. The van der Waals surface area contributed by atoms with Gasteiger partial charge in [-0.05, 0) is 38.5 Å². The molecule has 0 radical (unpaired) electrons. The predicted octanol–water partition coefficient (Wildman–Crippen LogP) is 0.585. The molecule has 0 spiro atoms. The van der Waals surface area contributed by atoms with Gasteiger partial charge in [-0.15, -0.1) is 0 Å². The number of hydrogen-bond donors (Lipinski definition) is 2. The molecule has 0 aromatic heterocycles. The second kappa shape index (κ2) is 3.20. The highest BCUT2D eigenvalue weighted by atomic mass is 16.5. The Morgan fingerprint density at radius 2 is 1.88 bits per heavy atom. The second-order valence-electron chi connectivity index (χ2n) is 5.65. The lowest BCUT2D eigenvalue weighted by molar-refractivity contribution is -0.163. The third-order valence-corrected chi connectivity index (χ3v) is 4.72. The molecule has 4 heteroatoms. The summed E-state index contributed by atoms with van der Waals surface area (Å²) in [7, 11) is 1.42. The fourth-order valence-electron chi connectivity index (χ4n) is 3.69. The van der Waals surface area contributed by atoms with E-state index >= 15 is 0 Å². The zero-order chi connectivity index (χ0) is 11.4. The standard InChI is InChI=1S/C12H19NO3/c1-16-10(14)11(4-5-11)12(15)6-8-2-3-9(7-12)13-8/h8-9,13,15H,2-7H2,1H3. The van der Waals surface area contributed by atoms with Gasteiger partial charge in [-0.2, -0.15) is 0 Å². The van der Waals surface area contributed by atoms with Gasteiger partial charge in [0.1, 0.15) is 0 Å². The van der Waals surface area contributed by atoms with E-state index in [4.69, 9.17) is 4.74 Å². The number of rotatable bonds is 2. The molecule has 90 valence electrons. The number of fused-ring (bicyclic) bond motifs is 2. The van der Waals surface area contributed by atoms with Gasteiger partial charge in [-0.25, -0.2) is 0 Å². The van der Waals surface area contributed by atoms with Crippen molar-refractivity contribution in [1.82, 2.24) is 5.32 Å². The molecule has 0 aromatic carbocycles. The second-order valence-corrected chi connectivity index (χ2v) is 5.65. The van der Waals surface area contributed by atoms with Gasteiger partial charge in [0.2, 0.25) is 0 Å². The average molecular weight is 225 g/mol. The van der Waals surface area contributed by atoms with E-state index in [2.05, 4.69) is 5.32 Å². The number of piperidine rings is 1. The largest absolute Gasteiger partial charge is 0.469 e. The number of carbonyl (C=O) groups excluding carboxylic acids is 1. The molecule has 2 heterocycles. The molecular weight excluding hydrogens is 206 g/mol. The van der Waals surface area contributed by atoms with Crippen molar-refractivity contribution in [3.05, 3.63) is 0 Å². The van der Waals surface area contributed by atoms with Crippen molar-refractivity contribution in [2.24, 2.45) is 5.41 Å². The van der Waals surface area contributed by atoms with Crippen LogP contribution in [0.3, 0.4) is 0 Å². The summed E-state index contributed by atoms with van der Waals surface area (Å²) in [6.07, 6.45) is 5.25. The maximum absolute atomic E-state index is 11.8. The summed E-state index contributed by atoms with van der Waals surface area (Å²) in [4.78, 5) is 11.8. The minimum absolute atomic E-state index is 0.212. The summed E-state index contributed by atoms with van der Waals surface area (Å²) in [5, 5.41) is 14.3. The van der Waals surface area contributed by atoms with Crippen LogP contribution >= 0.6 is 0 Å². The first-order chi connectivity index (χ1) is 7.60. The van der Waals surface area contributed by atoms with Gasteiger partial charge in [-0.3, -0.25) is 4.79 Å². The normalized spacial score (nSPS) is 44.1. The fraction of sp³-hybridized carbons (Fsp3) is 0.917. The van der Waals surface area contributed by atoms with E-state index in [1.54, 1.807) is 0 Å². The van der Waals surface area contributed by atoms with Crippen molar-refractivity contribution in [3.63, 3.8) is 0 Å². The van der Waals surface area contributed by atoms with Crippen molar-refractivity contribution in [3.8, 4) is 0 Å². The molecule has 2 saturated heterocycles. The van der Waals surface area contributed by atoms with Crippen LogP contribution < -0.4 is 5.32 Å². The fourth-order valence-corrected chi connectivity index (χ4v) is 3.69. The summed E-state index contributed by atoms with van der Waals surface area (Å²) in [6.45, 7) is 0. The summed E-state index contributed by atoms with van der Waals surface area (Å²) in [5.41, 5.74) is -1.40. The minimum atomic E-state index is -0.822. The SMILES string of the molecule is COC(=O)C1(C2(O)CC3CCC(C2)N3)CC1. The summed E-state index contributed by atoms with van der Waals surface area (Å²) >= 11 is 0. The molecule has 4 nitrogen and oxygen atoms in total. The van der Waals surface area contributed by atoms with Crippen molar-refractivity contribution >= 4 is 5.97 Å². The van der Waals surface area contributed by atoms with Crippen molar-refractivity contribution in [1.29, 1.82) is 0 Å². The number of ether oxygens (including phenoxy) is 1. The number of aliphatic hydroxyl groups is 1. The van der Waals surface area contributed by atoms with Crippen molar-refractivity contribution < 1.29 is 14.6 Å². The molecule has 16 heavy (non-hydrogen) atoms. The van der Waals surface area contributed by atoms with Crippen LogP contribution in [0.4, 0.5) is 0 Å². The summed E-state index contributed by atoms with van der Waals surface area (Å²) in [5.74, 6) is -0.212. The van der Waals surface area contributed by atoms with Crippen LogP contribution in [-0.2, 0) is 9.53 Å². The zero-order valence-electron chi connectivity index (χ0n) is 9.66. The first-order valence-electron chi connectivity index (χ1n) is 6.16. The Kier molecular flexibility index (Phi) is 2.11. The Bertz CT molecular complexity index is 312. The molecule has 2 N–H and O–H groups in total. The molecule has 2 bridgehead atoms. The van der Waals surface area contributed by atoms with Gasteiger partial charge < -0.3 is 15.2 Å². The molecule has 2 unspecified atom stereocenters. The number of carbonyl (C=O) groups is 1. The van der Waals surface area contributed by atoms with E-state index in [9.17, 15) is 9.90 Å². The molecule has 1 saturated carbocycles. The lowest BCUT2D eigenvalue weighted by atomic mass is 9.74. The Morgan fingerprint density at radius 1 is 1.31 bits per heavy atom. The first-order valence-corrected chi connectivity index (χ1v) is 6.16. The number of methoxy groups -OCH3 is 1. The third kappa shape index (κ3) is 1.26. The maximum Gasteiger partial charge on any atom is 0.314 e. The zero-order valence-corrected chi connectivity index (χ0v) is 9.66. The van der Waals surface area contributed by atoms with Crippen LogP contribution in [0.15, 0.2) is 0 Å². The quantitative estimate of drug-likeness (QED) is 0.675. The van der Waals surface area contributed by atoms with Crippen LogP contribution in [0.1, 0.15) is 38.5 Å². The van der Waals surface area contributed by atoms with Gasteiger partial charge in [-0.1, -0.05) is 0 Å². The summed E-state index contributed by atoms with van der Waals surface area (Å²) < 4.78 is 4.87. The van der Waals surface area contributed by atoms with E-state index < -0.39 is 11.0 Å². The number of hydrogen-bond acceptors (Lipinski definition) is 4. The van der Waals surface area contributed by atoms with Gasteiger partial charge in [0.25, 0.3) is 0 Å². The third-order valence-electron chi connectivity index (χ3n) is 4.72. The molecule has 3 aliphatic rings. The summed E-state index contributed by atoms with van der Waals surface area (Å²) in [6, 6.07) is 0.789. The number of esters is 1. The van der Waals surface area contributed by atoms with E-state index in [0.29, 0.717) is 24.9 Å². The smallest absolute Gasteiger partial charge is 0.314 e. The Labute approximate surface area is 95.4 Å². The van der Waals surface area contributed by atoms with Gasteiger partial charge in [0, 0.05) is 12.1 Å². The van der Waals surface area contributed by atoms with Crippen molar-refractivity contribution in [2.75, 3.05) is 7.11 Å². The van der Waals surface area contributed by atoms with Crippen LogP contribution in [0.5, 0.6) is 0 Å². The van der Waals surface area contributed by atoms with Gasteiger partial charge >= 0.3 is 5.97 Å². The molecule has 2 atom stereocenters. The molecular formula is C12H19NO3. The van der Waals surface area contributed by atoms with Crippen LogP contribution in [-0.4, -0.2) is 35.9 Å². The van der Waals surface area contributed by atoms with Gasteiger partial charge in [0.15, 0.2) is 0 Å². The highest BCUT2D eigenvalue weighted by Crippen LogP contribution is 2.60. The van der Waals surface area contributed by atoms with Crippen LogP contribution in [0, 0.1) is 5.41 Å². The Hall–Kier alpha value is -0.610. The lowest BCUT2D eigenvalue weighted by Crippen LogP contribution is -2.55. The van der Waals surface area contributed by atoms with E-state index in [1.807, 2.05) is 0 Å².